The molecule has 90 valence electrons. The number of pyridine rings is 1. The minimum Gasteiger partial charge on any atom is -0.506 e. The number of nitrogens with zero attached hydrogens (tertiary/aromatic N) is 1. The first-order valence-corrected chi connectivity index (χ1v) is 5.37. The van der Waals surface area contributed by atoms with Crippen LogP contribution in [0.5, 0.6) is 5.75 Å². The number of aliphatic hydroxyl groups is 1. The van der Waals surface area contributed by atoms with E-state index in [0.717, 1.165) is 4.68 Å². The SMILES string of the molecule is CC[C@H](O)c1ccc(O)c2c1ccc(=O)n2N. The minimum atomic E-state index is -0.643. The summed E-state index contributed by atoms with van der Waals surface area (Å²) in [6.07, 6.45) is -0.0977. The summed E-state index contributed by atoms with van der Waals surface area (Å²) < 4.78 is 0.885. The van der Waals surface area contributed by atoms with Gasteiger partial charge in [0, 0.05) is 11.5 Å². The zero-order valence-corrected chi connectivity index (χ0v) is 9.42. The molecule has 1 aromatic carbocycles. The standard InChI is InChI=1S/C12H14N2O3/c1-2-9(15)7-3-5-10(16)12-8(7)4-6-11(17)14(12)13/h3-6,9,15-16H,2,13H2,1H3/t9-/m0/s1. The molecule has 0 aliphatic rings. The highest BCUT2D eigenvalue weighted by atomic mass is 16.3. The van der Waals surface area contributed by atoms with Crippen molar-refractivity contribution in [3.05, 3.63) is 40.2 Å². The van der Waals surface area contributed by atoms with Crippen molar-refractivity contribution in [1.82, 2.24) is 4.68 Å². The van der Waals surface area contributed by atoms with Crippen molar-refractivity contribution in [2.24, 2.45) is 0 Å². The minimum absolute atomic E-state index is 0.0766. The third kappa shape index (κ3) is 1.74. The van der Waals surface area contributed by atoms with Crippen LogP contribution >= 0.6 is 0 Å². The number of benzene rings is 1. The van der Waals surface area contributed by atoms with Gasteiger partial charge in [0.15, 0.2) is 0 Å². The maximum absolute atomic E-state index is 11.4. The Morgan fingerprint density at radius 3 is 2.71 bits per heavy atom. The van der Waals surface area contributed by atoms with E-state index in [1.54, 1.807) is 12.1 Å². The summed E-state index contributed by atoms with van der Waals surface area (Å²) >= 11 is 0. The Morgan fingerprint density at radius 1 is 1.35 bits per heavy atom. The number of aromatic nitrogens is 1. The van der Waals surface area contributed by atoms with Crippen molar-refractivity contribution in [2.75, 3.05) is 5.84 Å². The van der Waals surface area contributed by atoms with Crippen molar-refractivity contribution in [3.8, 4) is 5.75 Å². The largest absolute Gasteiger partial charge is 0.506 e. The molecule has 2 rings (SSSR count). The Labute approximate surface area is 97.7 Å². The topological polar surface area (TPSA) is 88.5 Å². The molecule has 0 saturated carbocycles. The van der Waals surface area contributed by atoms with Crippen LogP contribution in [-0.4, -0.2) is 14.9 Å². The first kappa shape index (κ1) is 11.5. The Balaban J connectivity index is 2.88. The van der Waals surface area contributed by atoms with Crippen molar-refractivity contribution < 1.29 is 10.2 Å². The Kier molecular flexibility index (Phi) is 2.77. The van der Waals surface area contributed by atoms with Gasteiger partial charge in [-0.2, -0.15) is 0 Å². The quantitative estimate of drug-likeness (QED) is 0.672. The molecule has 4 N–H and O–H groups in total. The van der Waals surface area contributed by atoms with Crippen molar-refractivity contribution in [1.29, 1.82) is 0 Å². The number of fused-ring (bicyclic) bond motifs is 1. The van der Waals surface area contributed by atoms with Gasteiger partial charge >= 0.3 is 0 Å². The highest BCUT2D eigenvalue weighted by Crippen LogP contribution is 2.30. The molecule has 5 heteroatoms. The number of phenolic OH excluding ortho intramolecular Hbond substituents is 1. The lowest BCUT2D eigenvalue weighted by Crippen LogP contribution is -2.26. The van der Waals surface area contributed by atoms with Gasteiger partial charge in [-0.3, -0.25) is 4.79 Å². The van der Waals surface area contributed by atoms with Crippen molar-refractivity contribution in [2.45, 2.75) is 19.4 Å². The normalized spacial score (nSPS) is 12.8. The summed E-state index contributed by atoms with van der Waals surface area (Å²) in [6, 6.07) is 5.94. The second-order valence-electron chi connectivity index (χ2n) is 3.90. The Bertz CT molecular complexity index is 619. The molecule has 5 nitrogen and oxygen atoms in total. The van der Waals surface area contributed by atoms with E-state index in [1.807, 2.05) is 6.92 Å². The van der Waals surface area contributed by atoms with E-state index < -0.39 is 11.7 Å². The Morgan fingerprint density at radius 2 is 2.06 bits per heavy atom. The number of rotatable bonds is 2. The molecule has 0 spiro atoms. The van der Waals surface area contributed by atoms with Gasteiger partial charge in [0.1, 0.15) is 11.3 Å². The van der Waals surface area contributed by atoms with Gasteiger partial charge in [-0.15, -0.1) is 0 Å². The van der Waals surface area contributed by atoms with Crippen LogP contribution in [0.15, 0.2) is 29.1 Å². The number of aliphatic hydroxyl groups excluding tert-OH is 1. The molecule has 0 fully saturated rings. The van der Waals surface area contributed by atoms with Crippen molar-refractivity contribution >= 4 is 10.9 Å². The monoisotopic (exact) mass is 234 g/mol. The number of hydrogen-bond acceptors (Lipinski definition) is 4. The Hall–Kier alpha value is -2.01. The predicted octanol–water partition coefficient (Wildman–Crippen LogP) is 0.864. The molecular weight excluding hydrogens is 220 g/mol. The van der Waals surface area contributed by atoms with Crippen LogP contribution in [0.2, 0.25) is 0 Å². The van der Waals surface area contributed by atoms with Gasteiger partial charge in [0.05, 0.1) is 6.10 Å². The maximum Gasteiger partial charge on any atom is 0.269 e. The lowest BCUT2D eigenvalue weighted by atomic mass is 10.0. The number of phenols is 1. The second kappa shape index (κ2) is 4.10. The van der Waals surface area contributed by atoms with E-state index in [2.05, 4.69) is 0 Å². The molecular formula is C12H14N2O3. The smallest absolute Gasteiger partial charge is 0.269 e. The van der Waals surface area contributed by atoms with E-state index in [4.69, 9.17) is 5.84 Å². The summed E-state index contributed by atoms with van der Waals surface area (Å²) in [4.78, 5) is 11.4. The molecule has 0 unspecified atom stereocenters. The maximum atomic E-state index is 11.4. The predicted molar refractivity (Wildman–Crippen MR) is 65.3 cm³/mol. The van der Waals surface area contributed by atoms with Crippen LogP contribution in [0.4, 0.5) is 0 Å². The van der Waals surface area contributed by atoms with Crippen molar-refractivity contribution in [3.63, 3.8) is 0 Å². The fourth-order valence-electron chi connectivity index (χ4n) is 1.90. The molecule has 0 bridgehead atoms. The van der Waals surface area contributed by atoms with Crippen LogP contribution in [0, 0.1) is 0 Å². The summed E-state index contributed by atoms with van der Waals surface area (Å²) in [5, 5.41) is 20.2. The molecule has 0 saturated heterocycles. The lowest BCUT2D eigenvalue weighted by Gasteiger charge is -2.14. The summed E-state index contributed by atoms with van der Waals surface area (Å²) in [5.41, 5.74) is 0.484. The molecule has 0 radical (unpaired) electrons. The summed E-state index contributed by atoms with van der Waals surface area (Å²) in [5.74, 6) is 5.52. The molecule has 2 aromatic rings. The first-order chi connectivity index (χ1) is 8.06. The van der Waals surface area contributed by atoms with E-state index in [9.17, 15) is 15.0 Å². The molecule has 1 atom stereocenters. The highest BCUT2D eigenvalue weighted by molar-refractivity contribution is 5.88. The first-order valence-electron chi connectivity index (χ1n) is 5.37. The number of nitrogens with two attached hydrogens (primary N) is 1. The molecule has 1 heterocycles. The number of aromatic hydroxyl groups is 1. The van der Waals surface area contributed by atoms with Crippen LogP contribution in [-0.2, 0) is 0 Å². The molecule has 0 aliphatic carbocycles. The zero-order chi connectivity index (χ0) is 12.6. The number of nitrogen functional groups attached to an aromatic ring is 1. The van der Waals surface area contributed by atoms with Gasteiger partial charge in [-0.1, -0.05) is 13.0 Å². The highest BCUT2D eigenvalue weighted by Gasteiger charge is 2.14. The third-order valence-corrected chi connectivity index (χ3v) is 2.85. The van der Waals surface area contributed by atoms with Gasteiger partial charge < -0.3 is 16.1 Å². The fourth-order valence-corrected chi connectivity index (χ4v) is 1.90. The lowest BCUT2D eigenvalue weighted by molar-refractivity contribution is 0.175. The number of hydrogen-bond donors (Lipinski definition) is 3. The summed E-state index contributed by atoms with van der Waals surface area (Å²) in [7, 11) is 0. The summed E-state index contributed by atoms with van der Waals surface area (Å²) in [6.45, 7) is 1.85. The molecule has 17 heavy (non-hydrogen) atoms. The van der Waals surface area contributed by atoms with Crippen LogP contribution in [0.1, 0.15) is 25.0 Å². The van der Waals surface area contributed by atoms with E-state index in [1.165, 1.54) is 12.1 Å². The van der Waals surface area contributed by atoms with Crippen LogP contribution in [0.25, 0.3) is 10.9 Å². The fraction of sp³-hybridized carbons (Fsp3) is 0.250. The van der Waals surface area contributed by atoms with Gasteiger partial charge in [-0.25, -0.2) is 4.68 Å². The zero-order valence-electron chi connectivity index (χ0n) is 9.42. The van der Waals surface area contributed by atoms with Gasteiger partial charge in [-0.05, 0) is 24.1 Å². The van der Waals surface area contributed by atoms with Crippen LogP contribution < -0.4 is 11.4 Å². The molecule has 0 amide bonds. The van der Waals surface area contributed by atoms with E-state index in [0.29, 0.717) is 17.4 Å². The van der Waals surface area contributed by atoms with Crippen LogP contribution in [0.3, 0.4) is 0 Å². The molecule has 0 aliphatic heterocycles. The van der Waals surface area contributed by atoms with Gasteiger partial charge in [0.2, 0.25) is 0 Å². The second-order valence-corrected chi connectivity index (χ2v) is 3.90. The van der Waals surface area contributed by atoms with E-state index in [-0.39, 0.29) is 11.3 Å². The average molecular weight is 234 g/mol. The van der Waals surface area contributed by atoms with E-state index >= 15 is 0 Å². The molecule has 1 aromatic heterocycles. The third-order valence-electron chi connectivity index (χ3n) is 2.85. The average Bonchev–Trinajstić information content (AvgIpc) is 2.33. The van der Waals surface area contributed by atoms with Gasteiger partial charge in [0.25, 0.3) is 5.56 Å².